The van der Waals surface area contributed by atoms with Crippen LogP contribution in [0.25, 0.3) is 0 Å². The third-order valence-electron chi connectivity index (χ3n) is 3.79. The van der Waals surface area contributed by atoms with Gasteiger partial charge >= 0.3 is 0 Å². The maximum atomic E-state index is 11.1. The average molecular weight is 227 g/mol. The summed E-state index contributed by atoms with van der Waals surface area (Å²) in [5.74, 6) is -0.419. The molecule has 0 spiro atoms. The summed E-state index contributed by atoms with van der Waals surface area (Å²) in [5, 5.41) is 13.4. The first-order valence-electron chi connectivity index (χ1n) is 6.12. The molecule has 0 bridgehead atoms. The first-order chi connectivity index (χ1) is 7.68. The molecular formula is C11H21N3O2. The van der Waals surface area contributed by atoms with Crippen LogP contribution in [-0.2, 0) is 4.79 Å². The number of amides is 1. The Hall–Kier alpha value is -0.650. The smallest absolute Gasteiger partial charge is 0.220 e. The molecule has 0 aromatic heterocycles. The van der Waals surface area contributed by atoms with Gasteiger partial charge in [0.1, 0.15) is 6.23 Å². The minimum Gasteiger partial charge on any atom is -0.378 e. The Kier molecular flexibility index (Phi) is 3.78. The molecule has 2 fully saturated rings. The zero-order valence-corrected chi connectivity index (χ0v) is 9.56. The Morgan fingerprint density at radius 1 is 1.31 bits per heavy atom. The fourth-order valence-corrected chi connectivity index (χ4v) is 2.78. The maximum Gasteiger partial charge on any atom is 0.220 e. The van der Waals surface area contributed by atoms with Crippen molar-refractivity contribution in [2.45, 2.75) is 38.0 Å². The van der Waals surface area contributed by atoms with E-state index in [-0.39, 0.29) is 11.8 Å². The molecule has 2 heterocycles. The Labute approximate surface area is 96.0 Å². The minimum atomic E-state index is -0.491. The molecule has 92 valence electrons. The number of carbonyl (C=O) groups excluding carboxylic acids is 1. The molecule has 16 heavy (non-hydrogen) atoms. The number of piperidine rings is 2. The Bertz CT molecular complexity index is 254. The van der Waals surface area contributed by atoms with Gasteiger partial charge in [-0.15, -0.1) is 0 Å². The number of carbonyl (C=O) groups is 1. The van der Waals surface area contributed by atoms with E-state index in [0.29, 0.717) is 12.5 Å². The Morgan fingerprint density at radius 3 is 2.56 bits per heavy atom. The van der Waals surface area contributed by atoms with E-state index >= 15 is 0 Å². The van der Waals surface area contributed by atoms with Crippen LogP contribution in [-0.4, -0.2) is 47.8 Å². The summed E-state index contributed by atoms with van der Waals surface area (Å²) in [6.07, 6.45) is 2.96. The van der Waals surface area contributed by atoms with Crippen LogP contribution < -0.4 is 11.1 Å². The lowest BCUT2D eigenvalue weighted by atomic mass is 9.92. The standard InChI is InChI=1S/C11H21N3O2/c12-11(16)8-3-6-14(10(15)7-8)9-1-4-13-5-2-9/h8-10,13,15H,1-7H2,(H2,12,16). The monoisotopic (exact) mass is 227 g/mol. The molecule has 2 saturated heterocycles. The number of aliphatic hydroxyl groups excluding tert-OH is 1. The van der Waals surface area contributed by atoms with Crippen molar-refractivity contribution in [3.8, 4) is 0 Å². The molecule has 2 aliphatic rings. The van der Waals surface area contributed by atoms with Crippen LogP contribution >= 0.6 is 0 Å². The van der Waals surface area contributed by atoms with Crippen LogP contribution in [0, 0.1) is 5.92 Å². The van der Waals surface area contributed by atoms with Crippen LogP contribution in [0.2, 0.25) is 0 Å². The summed E-state index contributed by atoms with van der Waals surface area (Å²) < 4.78 is 0. The van der Waals surface area contributed by atoms with Gasteiger partial charge in [-0.3, -0.25) is 9.69 Å². The second kappa shape index (κ2) is 5.12. The van der Waals surface area contributed by atoms with Crippen molar-refractivity contribution >= 4 is 5.91 Å². The summed E-state index contributed by atoms with van der Waals surface area (Å²) in [6, 6.07) is 0.463. The van der Waals surface area contributed by atoms with Crippen LogP contribution in [0.15, 0.2) is 0 Å². The molecule has 2 atom stereocenters. The average Bonchev–Trinajstić information content (AvgIpc) is 2.30. The molecule has 2 unspecified atom stereocenters. The van der Waals surface area contributed by atoms with Crippen molar-refractivity contribution in [1.29, 1.82) is 0 Å². The van der Waals surface area contributed by atoms with Crippen LogP contribution in [0.1, 0.15) is 25.7 Å². The SMILES string of the molecule is NC(=O)C1CCN(C2CCNCC2)C(O)C1. The molecule has 4 N–H and O–H groups in total. The van der Waals surface area contributed by atoms with Gasteiger partial charge in [-0.1, -0.05) is 0 Å². The number of aliphatic hydroxyl groups is 1. The van der Waals surface area contributed by atoms with E-state index in [1.807, 2.05) is 0 Å². The number of primary amides is 1. The number of rotatable bonds is 2. The predicted octanol–water partition coefficient (Wildman–Crippen LogP) is -0.746. The first kappa shape index (κ1) is 11.8. The van der Waals surface area contributed by atoms with E-state index in [4.69, 9.17) is 5.73 Å². The molecule has 5 nitrogen and oxygen atoms in total. The van der Waals surface area contributed by atoms with Crippen LogP contribution in [0.5, 0.6) is 0 Å². The van der Waals surface area contributed by atoms with Crippen LogP contribution in [0.3, 0.4) is 0 Å². The van der Waals surface area contributed by atoms with Gasteiger partial charge in [0.05, 0.1) is 0 Å². The fourth-order valence-electron chi connectivity index (χ4n) is 2.78. The quantitative estimate of drug-likeness (QED) is 0.580. The summed E-state index contributed by atoms with van der Waals surface area (Å²) in [5.41, 5.74) is 5.27. The lowest BCUT2D eigenvalue weighted by Crippen LogP contribution is -2.52. The van der Waals surface area contributed by atoms with Crippen molar-refractivity contribution < 1.29 is 9.90 Å². The molecule has 1 amide bonds. The molecule has 0 saturated carbocycles. The van der Waals surface area contributed by atoms with Gasteiger partial charge in [0.15, 0.2) is 0 Å². The molecule has 5 heteroatoms. The third kappa shape index (κ3) is 2.53. The van der Waals surface area contributed by atoms with E-state index in [1.54, 1.807) is 0 Å². The summed E-state index contributed by atoms with van der Waals surface area (Å²) in [7, 11) is 0. The molecule has 2 aliphatic heterocycles. The zero-order valence-electron chi connectivity index (χ0n) is 9.56. The maximum absolute atomic E-state index is 11.1. The van der Waals surface area contributed by atoms with E-state index in [2.05, 4.69) is 10.2 Å². The highest BCUT2D eigenvalue weighted by Gasteiger charge is 2.34. The van der Waals surface area contributed by atoms with Gasteiger partial charge < -0.3 is 16.2 Å². The molecule has 0 aromatic carbocycles. The zero-order chi connectivity index (χ0) is 11.5. The minimum absolute atomic E-state index is 0.145. The summed E-state index contributed by atoms with van der Waals surface area (Å²) in [6.45, 7) is 2.83. The summed E-state index contributed by atoms with van der Waals surface area (Å²) in [4.78, 5) is 13.2. The lowest BCUT2D eigenvalue weighted by Gasteiger charge is -2.42. The first-order valence-corrected chi connectivity index (χ1v) is 6.12. The molecule has 2 rings (SSSR count). The van der Waals surface area contributed by atoms with E-state index in [1.165, 1.54) is 0 Å². The third-order valence-corrected chi connectivity index (χ3v) is 3.79. The Morgan fingerprint density at radius 2 is 2.00 bits per heavy atom. The highest BCUT2D eigenvalue weighted by molar-refractivity contribution is 5.76. The largest absolute Gasteiger partial charge is 0.378 e. The van der Waals surface area contributed by atoms with Gasteiger partial charge in [0, 0.05) is 18.5 Å². The highest BCUT2D eigenvalue weighted by atomic mass is 16.3. The van der Waals surface area contributed by atoms with Crippen molar-refractivity contribution in [2.75, 3.05) is 19.6 Å². The van der Waals surface area contributed by atoms with E-state index in [0.717, 1.165) is 38.9 Å². The van der Waals surface area contributed by atoms with Gasteiger partial charge in [-0.2, -0.15) is 0 Å². The van der Waals surface area contributed by atoms with Crippen molar-refractivity contribution in [3.05, 3.63) is 0 Å². The second-order valence-corrected chi connectivity index (χ2v) is 4.82. The summed E-state index contributed by atoms with van der Waals surface area (Å²) >= 11 is 0. The number of hydrogen-bond acceptors (Lipinski definition) is 4. The van der Waals surface area contributed by atoms with Crippen molar-refractivity contribution in [2.24, 2.45) is 11.7 Å². The fraction of sp³-hybridized carbons (Fsp3) is 0.909. The van der Waals surface area contributed by atoms with Gasteiger partial charge in [0.25, 0.3) is 0 Å². The normalized spacial score (nSPS) is 33.8. The number of nitrogens with two attached hydrogens (primary N) is 1. The van der Waals surface area contributed by atoms with Crippen molar-refractivity contribution in [3.63, 3.8) is 0 Å². The lowest BCUT2D eigenvalue weighted by molar-refractivity contribution is -0.130. The molecular weight excluding hydrogens is 206 g/mol. The van der Waals surface area contributed by atoms with Crippen LogP contribution in [0.4, 0.5) is 0 Å². The molecule has 0 radical (unpaired) electrons. The van der Waals surface area contributed by atoms with Gasteiger partial charge in [0.2, 0.25) is 5.91 Å². The van der Waals surface area contributed by atoms with Crippen molar-refractivity contribution in [1.82, 2.24) is 10.2 Å². The van der Waals surface area contributed by atoms with Gasteiger partial charge in [-0.25, -0.2) is 0 Å². The predicted molar refractivity (Wildman–Crippen MR) is 60.5 cm³/mol. The second-order valence-electron chi connectivity index (χ2n) is 4.82. The van der Waals surface area contributed by atoms with Gasteiger partial charge in [-0.05, 0) is 38.8 Å². The highest BCUT2D eigenvalue weighted by Crippen LogP contribution is 2.25. The molecule has 0 aliphatic carbocycles. The number of nitrogens with one attached hydrogen (secondary N) is 1. The number of likely N-dealkylation sites (tertiary alicyclic amines) is 1. The van der Waals surface area contributed by atoms with E-state index < -0.39 is 6.23 Å². The van der Waals surface area contributed by atoms with E-state index in [9.17, 15) is 9.90 Å². The topological polar surface area (TPSA) is 78.6 Å². The number of nitrogens with zero attached hydrogens (tertiary/aromatic N) is 1. The Balaban J connectivity index is 1.90. The number of hydrogen-bond donors (Lipinski definition) is 3. The molecule has 0 aromatic rings.